The van der Waals surface area contributed by atoms with Crippen LogP contribution in [-0.2, 0) is 12.7 Å². The molecule has 0 saturated heterocycles. The maximum Gasteiger partial charge on any atom is 0.417 e. The molecule has 0 atom stereocenters. The van der Waals surface area contributed by atoms with Gasteiger partial charge >= 0.3 is 6.18 Å². The Morgan fingerprint density at radius 1 is 1.08 bits per heavy atom. The number of rotatable bonds is 5. The highest BCUT2D eigenvalue weighted by molar-refractivity contribution is 6.31. The number of alkyl halides is 3. The molecule has 0 aliphatic heterocycles. The molecule has 0 spiro atoms. The second kappa shape index (κ2) is 7.57. The van der Waals surface area contributed by atoms with Gasteiger partial charge in [-0.1, -0.05) is 17.7 Å². The summed E-state index contributed by atoms with van der Waals surface area (Å²) in [6.07, 6.45) is 0.353. The van der Waals surface area contributed by atoms with Gasteiger partial charge in [0.25, 0.3) is 0 Å². The summed E-state index contributed by atoms with van der Waals surface area (Å²) >= 11 is 5.62. The molecule has 2 heterocycles. The fourth-order valence-corrected chi connectivity index (χ4v) is 2.39. The Hall–Kier alpha value is -2.87. The molecule has 2 N–H and O–H groups in total. The number of pyridine rings is 1. The van der Waals surface area contributed by atoms with Crippen molar-refractivity contribution in [1.82, 2.24) is 15.0 Å². The van der Waals surface area contributed by atoms with Gasteiger partial charge in [0.1, 0.15) is 5.82 Å². The van der Waals surface area contributed by atoms with Gasteiger partial charge in [0.15, 0.2) is 0 Å². The number of aromatic nitrogens is 3. The van der Waals surface area contributed by atoms with Gasteiger partial charge in [0.05, 0.1) is 10.6 Å². The van der Waals surface area contributed by atoms with E-state index in [1.54, 1.807) is 18.5 Å². The van der Waals surface area contributed by atoms with Gasteiger partial charge in [0.2, 0.25) is 5.95 Å². The monoisotopic (exact) mass is 379 g/mol. The first kappa shape index (κ1) is 17.9. The first-order valence-corrected chi connectivity index (χ1v) is 7.89. The summed E-state index contributed by atoms with van der Waals surface area (Å²) in [6, 6.07) is 8.84. The van der Waals surface area contributed by atoms with Gasteiger partial charge in [-0.2, -0.15) is 18.2 Å². The molecule has 26 heavy (non-hydrogen) atoms. The van der Waals surface area contributed by atoms with E-state index in [2.05, 4.69) is 25.6 Å². The van der Waals surface area contributed by atoms with Crippen molar-refractivity contribution in [3.8, 4) is 0 Å². The van der Waals surface area contributed by atoms with E-state index in [4.69, 9.17) is 11.6 Å². The molecule has 0 saturated carbocycles. The third-order valence-corrected chi connectivity index (χ3v) is 3.70. The molecule has 0 fully saturated rings. The highest BCUT2D eigenvalue weighted by Crippen LogP contribution is 2.36. The van der Waals surface area contributed by atoms with Crippen LogP contribution in [0.5, 0.6) is 0 Å². The molecule has 9 heteroatoms. The largest absolute Gasteiger partial charge is 0.417 e. The average molecular weight is 380 g/mol. The van der Waals surface area contributed by atoms with Crippen LogP contribution in [0, 0.1) is 0 Å². The topological polar surface area (TPSA) is 62.7 Å². The zero-order valence-electron chi connectivity index (χ0n) is 13.3. The molecule has 2 aromatic heterocycles. The van der Waals surface area contributed by atoms with Gasteiger partial charge in [-0.05, 0) is 35.9 Å². The van der Waals surface area contributed by atoms with E-state index in [-0.39, 0.29) is 10.7 Å². The number of nitrogens with zero attached hydrogens (tertiary/aromatic N) is 3. The van der Waals surface area contributed by atoms with Crippen molar-refractivity contribution in [2.45, 2.75) is 12.7 Å². The van der Waals surface area contributed by atoms with E-state index in [9.17, 15) is 13.2 Å². The van der Waals surface area contributed by atoms with E-state index < -0.39 is 11.7 Å². The molecule has 0 amide bonds. The van der Waals surface area contributed by atoms with Gasteiger partial charge in [-0.15, -0.1) is 0 Å². The lowest BCUT2D eigenvalue weighted by molar-refractivity contribution is -0.137. The Kier molecular flexibility index (Phi) is 5.22. The van der Waals surface area contributed by atoms with Crippen LogP contribution in [0.1, 0.15) is 11.1 Å². The number of hydrogen-bond donors (Lipinski definition) is 2. The zero-order chi connectivity index (χ0) is 18.6. The molecule has 0 aliphatic carbocycles. The third kappa shape index (κ3) is 4.60. The highest BCUT2D eigenvalue weighted by Gasteiger charge is 2.33. The second-order valence-electron chi connectivity index (χ2n) is 5.30. The molecule has 0 bridgehead atoms. The van der Waals surface area contributed by atoms with Crippen LogP contribution in [0.25, 0.3) is 0 Å². The number of nitrogens with one attached hydrogen (secondary N) is 2. The van der Waals surface area contributed by atoms with Gasteiger partial charge < -0.3 is 10.6 Å². The smallest absolute Gasteiger partial charge is 0.350 e. The molecule has 3 aromatic rings. The molecular weight excluding hydrogens is 367 g/mol. The van der Waals surface area contributed by atoms with Crippen LogP contribution in [0.4, 0.5) is 30.6 Å². The molecule has 0 unspecified atom stereocenters. The first-order valence-electron chi connectivity index (χ1n) is 7.51. The lowest BCUT2D eigenvalue weighted by Crippen LogP contribution is -2.07. The quantitative estimate of drug-likeness (QED) is 0.660. The van der Waals surface area contributed by atoms with Crippen LogP contribution >= 0.6 is 11.6 Å². The van der Waals surface area contributed by atoms with Crippen molar-refractivity contribution < 1.29 is 13.2 Å². The maximum absolute atomic E-state index is 12.9. The fraction of sp³-hybridized carbons (Fsp3) is 0.118. The van der Waals surface area contributed by atoms with Crippen molar-refractivity contribution in [2.75, 3.05) is 10.6 Å². The molecule has 0 radical (unpaired) electrons. The molecule has 3 rings (SSSR count). The molecule has 1 aromatic carbocycles. The van der Waals surface area contributed by atoms with Crippen LogP contribution in [0.3, 0.4) is 0 Å². The predicted octanol–water partition coefficient (Wildman–Crippen LogP) is 4.90. The van der Waals surface area contributed by atoms with Crippen molar-refractivity contribution in [1.29, 1.82) is 0 Å². The second-order valence-corrected chi connectivity index (χ2v) is 5.70. The Morgan fingerprint density at radius 3 is 2.65 bits per heavy atom. The SMILES string of the molecule is FC(F)(F)c1cc(Nc2ccnc(NCc3cccnc3)n2)ccc1Cl. The number of halogens is 4. The van der Waals surface area contributed by atoms with E-state index >= 15 is 0 Å². The summed E-state index contributed by atoms with van der Waals surface area (Å²) < 4.78 is 38.8. The normalized spacial score (nSPS) is 11.2. The lowest BCUT2D eigenvalue weighted by Gasteiger charge is -2.12. The lowest BCUT2D eigenvalue weighted by atomic mass is 10.2. The van der Waals surface area contributed by atoms with Crippen LogP contribution in [0.2, 0.25) is 5.02 Å². The number of anilines is 3. The van der Waals surface area contributed by atoms with Crippen molar-refractivity contribution >= 4 is 29.1 Å². The van der Waals surface area contributed by atoms with Crippen molar-refractivity contribution in [3.63, 3.8) is 0 Å². The van der Waals surface area contributed by atoms with E-state index in [1.807, 2.05) is 12.1 Å². The minimum absolute atomic E-state index is 0.221. The van der Waals surface area contributed by atoms with Gasteiger partial charge in [-0.25, -0.2) is 4.98 Å². The van der Waals surface area contributed by atoms with E-state index in [0.29, 0.717) is 18.3 Å². The summed E-state index contributed by atoms with van der Waals surface area (Å²) in [5, 5.41) is 5.49. The molecule has 134 valence electrons. The summed E-state index contributed by atoms with van der Waals surface area (Å²) in [7, 11) is 0. The Balaban J connectivity index is 1.73. The summed E-state index contributed by atoms with van der Waals surface area (Å²) in [4.78, 5) is 12.3. The molecule has 5 nitrogen and oxygen atoms in total. The zero-order valence-corrected chi connectivity index (χ0v) is 14.0. The van der Waals surface area contributed by atoms with Crippen LogP contribution < -0.4 is 10.6 Å². The van der Waals surface area contributed by atoms with Crippen LogP contribution in [-0.4, -0.2) is 15.0 Å². The van der Waals surface area contributed by atoms with E-state index in [0.717, 1.165) is 11.6 Å². The summed E-state index contributed by atoms with van der Waals surface area (Å²) in [5.41, 5.74) is 0.258. The van der Waals surface area contributed by atoms with E-state index in [1.165, 1.54) is 18.3 Å². The first-order chi connectivity index (χ1) is 12.4. The summed E-state index contributed by atoms with van der Waals surface area (Å²) in [5.74, 6) is 0.688. The number of hydrogen-bond acceptors (Lipinski definition) is 5. The highest BCUT2D eigenvalue weighted by atomic mass is 35.5. The fourth-order valence-electron chi connectivity index (χ4n) is 2.17. The van der Waals surface area contributed by atoms with Gasteiger partial charge in [-0.3, -0.25) is 4.98 Å². The Morgan fingerprint density at radius 2 is 1.92 bits per heavy atom. The predicted molar refractivity (Wildman–Crippen MR) is 93.3 cm³/mol. The molecule has 0 aliphatic rings. The minimum Gasteiger partial charge on any atom is -0.350 e. The van der Waals surface area contributed by atoms with Crippen molar-refractivity contribution in [3.05, 3.63) is 71.1 Å². The molecular formula is C17H13ClF3N5. The standard InChI is InChI=1S/C17H13ClF3N5/c18-14-4-3-12(8-13(14)17(19,20)21)25-15-5-7-23-16(26-15)24-10-11-2-1-6-22-9-11/h1-9H,10H2,(H2,23,24,25,26). The third-order valence-electron chi connectivity index (χ3n) is 3.37. The Labute approximate surface area is 152 Å². The Bertz CT molecular complexity index is 887. The summed E-state index contributed by atoms with van der Waals surface area (Å²) in [6.45, 7) is 0.469. The minimum atomic E-state index is -4.53. The van der Waals surface area contributed by atoms with Crippen LogP contribution in [0.15, 0.2) is 55.0 Å². The number of benzene rings is 1. The van der Waals surface area contributed by atoms with Crippen molar-refractivity contribution in [2.24, 2.45) is 0 Å². The van der Waals surface area contributed by atoms with Gasteiger partial charge in [0, 0.05) is 30.8 Å². The average Bonchev–Trinajstić information content (AvgIpc) is 2.62. The maximum atomic E-state index is 12.9.